The van der Waals surface area contributed by atoms with Crippen molar-refractivity contribution >= 4 is 44.5 Å². The SMILES string of the molecule is COCCn1c(N)c(N(Cc2ccccc2)C(=O)c2cc3cc([N+](=O)[O-])ccc3s2)c(=O)[nH]c1=O. The summed E-state index contributed by atoms with van der Waals surface area (Å²) in [6.07, 6.45) is 0. The van der Waals surface area contributed by atoms with Crippen LogP contribution in [0.1, 0.15) is 15.2 Å². The zero-order valence-electron chi connectivity index (χ0n) is 18.6. The van der Waals surface area contributed by atoms with Gasteiger partial charge in [0.1, 0.15) is 5.82 Å². The number of H-pyrrole nitrogens is 1. The molecule has 2 aromatic heterocycles. The number of hydrogen-bond acceptors (Lipinski definition) is 8. The van der Waals surface area contributed by atoms with E-state index in [-0.39, 0.29) is 41.8 Å². The lowest BCUT2D eigenvalue weighted by atomic mass is 10.2. The molecule has 0 aliphatic carbocycles. The second kappa shape index (κ2) is 9.91. The van der Waals surface area contributed by atoms with Crippen LogP contribution in [0.2, 0.25) is 0 Å². The Labute approximate surface area is 202 Å². The van der Waals surface area contributed by atoms with Crippen LogP contribution in [-0.2, 0) is 17.8 Å². The first-order valence-electron chi connectivity index (χ1n) is 10.5. The molecule has 2 aromatic carbocycles. The number of hydrogen-bond donors (Lipinski definition) is 2. The summed E-state index contributed by atoms with van der Waals surface area (Å²) in [7, 11) is 1.46. The Morgan fingerprint density at radius 1 is 1.20 bits per heavy atom. The Bertz CT molecular complexity index is 1530. The molecule has 0 saturated carbocycles. The van der Waals surface area contributed by atoms with Crippen LogP contribution < -0.4 is 21.9 Å². The number of nitrogens with one attached hydrogen (secondary N) is 1. The van der Waals surface area contributed by atoms with E-state index < -0.39 is 22.1 Å². The molecule has 4 aromatic rings. The maximum absolute atomic E-state index is 13.7. The Hall–Kier alpha value is -4.29. The van der Waals surface area contributed by atoms with Crippen LogP contribution in [0.3, 0.4) is 0 Å². The van der Waals surface area contributed by atoms with Crippen LogP contribution in [0.25, 0.3) is 10.1 Å². The maximum Gasteiger partial charge on any atom is 0.330 e. The van der Waals surface area contributed by atoms with E-state index in [9.17, 15) is 24.5 Å². The van der Waals surface area contributed by atoms with Crippen LogP contribution in [0, 0.1) is 10.1 Å². The van der Waals surface area contributed by atoms with Crippen molar-refractivity contribution in [3.05, 3.63) is 96.0 Å². The fourth-order valence-electron chi connectivity index (χ4n) is 3.64. The summed E-state index contributed by atoms with van der Waals surface area (Å²) in [6, 6.07) is 14.9. The zero-order chi connectivity index (χ0) is 25.1. The van der Waals surface area contributed by atoms with Gasteiger partial charge in [-0.05, 0) is 17.7 Å². The molecule has 1 amide bonds. The fourth-order valence-corrected chi connectivity index (χ4v) is 4.64. The second-order valence-corrected chi connectivity index (χ2v) is 8.69. The van der Waals surface area contributed by atoms with E-state index >= 15 is 0 Å². The number of nitro benzene ring substituents is 1. The van der Waals surface area contributed by atoms with Gasteiger partial charge in [-0.25, -0.2) is 4.79 Å². The minimum Gasteiger partial charge on any atom is -0.383 e. The summed E-state index contributed by atoms with van der Waals surface area (Å²) in [5.41, 5.74) is 5.19. The molecule has 0 bridgehead atoms. The van der Waals surface area contributed by atoms with Crippen molar-refractivity contribution in [3.63, 3.8) is 0 Å². The van der Waals surface area contributed by atoms with E-state index in [1.165, 1.54) is 24.1 Å². The number of thiophene rings is 1. The van der Waals surface area contributed by atoms with Gasteiger partial charge in [0.05, 0.1) is 29.5 Å². The van der Waals surface area contributed by atoms with Crippen LogP contribution in [-0.4, -0.2) is 34.1 Å². The summed E-state index contributed by atoms with van der Waals surface area (Å²) in [5.74, 6) is -0.705. The van der Waals surface area contributed by atoms with Gasteiger partial charge in [-0.1, -0.05) is 30.3 Å². The third-order valence-electron chi connectivity index (χ3n) is 5.35. The van der Waals surface area contributed by atoms with Crippen LogP contribution in [0.5, 0.6) is 0 Å². The third kappa shape index (κ3) is 4.83. The first-order chi connectivity index (χ1) is 16.8. The van der Waals surface area contributed by atoms with Crippen molar-refractivity contribution < 1.29 is 14.5 Å². The molecule has 180 valence electrons. The highest BCUT2D eigenvalue weighted by molar-refractivity contribution is 7.20. The predicted octanol–water partition coefficient (Wildman–Crippen LogP) is 2.74. The monoisotopic (exact) mass is 495 g/mol. The Morgan fingerprint density at radius 3 is 2.63 bits per heavy atom. The number of nitrogen functional groups attached to an aromatic ring is 1. The van der Waals surface area contributed by atoms with Gasteiger partial charge in [-0.2, -0.15) is 0 Å². The van der Waals surface area contributed by atoms with Crippen LogP contribution >= 0.6 is 11.3 Å². The summed E-state index contributed by atoms with van der Waals surface area (Å²) in [4.78, 5) is 53.3. The van der Waals surface area contributed by atoms with Gasteiger partial charge in [0, 0.05) is 29.3 Å². The maximum atomic E-state index is 13.7. The number of carbonyl (C=O) groups excluding carboxylic acids is 1. The lowest BCUT2D eigenvalue weighted by Crippen LogP contribution is -2.41. The number of nitrogens with two attached hydrogens (primary N) is 1. The highest BCUT2D eigenvalue weighted by atomic mass is 32.1. The Kier molecular flexibility index (Phi) is 6.75. The first kappa shape index (κ1) is 23.9. The molecule has 0 unspecified atom stereocenters. The Balaban J connectivity index is 1.85. The smallest absolute Gasteiger partial charge is 0.330 e. The molecule has 0 spiro atoms. The average Bonchev–Trinajstić information content (AvgIpc) is 3.27. The molecule has 0 saturated heterocycles. The summed E-state index contributed by atoms with van der Waals surface area (Å²) in [6.45, 7) is 0.242. The number of nitro groups is 1. The molecule has 0 aliphatic rings. The van der Waals surface area contributed by atoms with Gasteiger partial charge in [0.15, 0.2) is 5.69 Å². The van der Waals surface area contributed by atoms with Gasteiger partial charge in [0.2, 0.25) is 0 Å². The van der Waals surface area contributed by atoms with E-state index in [1.54, 1.807) is 36.4 Å². The minimum atomic E-state index is -0.804. The topological polar surface area (TPSA) is 154 Å². The van der Waals surface area contributed by atoms with Crippen molar-refractivity contribution in [2.24, 2.45) is 0 Å². The molecule has 3 N–H and O–H groups in total. The highest BCUT2D eigenvalue weighted by Gasteiger charge is 2.27. The van der Waals surface area contributed by atoms with E-state index in [0.717, 1.165) is 21.5 Å². The standard InChI is InChI=1S/C23H21N5O6S/c1-34-10-9-26-20(24)19(21(29)25-23(26)31)27(13-14-5-3-2-4-6-14)22(30)18-12-15-11-16(28(32)33)7-8-17(15)35-18/h2-8,11-12H,9-10,13,24H2,1H3,(H,25,29,31). The number of ether oxygens (including phenoxy) is 1. The van der Waals surface area contributed by atoms with Crippen molar-refractivity contribution in [3.8, 4) is 0 Å². The van der Waals surface area contributed by atoms with Crippen molar-refractivity contribution in [2.75, 3.05) is 24.4 Å². The number of nitrogens with zero attached hydrogens (tertiary/aromatic N) is 3. The summed E-state index contributed by atoms with van der Waals surface area (Å²) < 4.78 is 6.84. The number of rotatable bonds is 8. The largest absolute Gasteiger partial charge is 0.383 e. The second-order valence-electron chi connectivity index (χ2n) is 7.60. The molecule has 0 radical (unpaired) electrons. The van der Waals surface area contributed by atoms with Crippen LogP contribution in [0.15, 0.2) is 64.2 Å². The number of benzene rings is 2. The predicted molar refractivity (Wildman–Crippen MR) is 133 cm³/mol. The van der Waals surface area contributed by atoms with Crippen molar-refractivity contribution in [1.82, 2.24) is 9.55 Å². The molecule has 0 atom stereocenters. The van der Waals surface area contributed by atoms with E-state index in [2.05, 4.69) is 4.98 Å². The number of non-ortho nitro benzene ring substituents is 1. The Morgan fingerprint density at radius 2 is 1.94 bits per heavy atom. The number of anilines is 2. The number of carbonyl (C=O) groups is 1. The molecule has 35 heavy (non-hydrogen) atoms. The lowest BCUT2D eigenvalue weighted by Gasteiger charge is -2.24. The minimum absolute atomic E-state index is 0.00380. The molecule has 4 rings (SSSR count). The molecular weight excluding hydrogens is 474 g/mol. The zero-order valence-corrected chi connectivity index (χ0v) is 19.4. The molecule has 12 heteroatoms. The fraction of sp³-hybridized carbons (Fsp3) is 0.174. The van der Waals surface area contributed by atoms with Gasteiger partial charge < -0.3 is 10.5 Å². The lowest BCUT2D eigenvalue weighted by molar-refractivity contribution is -0.384. The van der Waals surface area contributed by atoms with E-state index in [1.807, 2.05) is 6.07 Å². The third-order valence-corrected chi connectivity index (χ3v) is 6.46. The van der Waals surface area contributed by atoms with E-state index in [4.69, 9.17) is 10.5 Å². The van der Waals surface area contributed by atoms with E-state index in [0.29, 0.717) is 10.1 Å². The van der Waals surface area contributed by atoms with Gasteiger partial charge >= 0.3 is 5.69 Å². The quantitative estimate of drug-likeness (QED) is 0.281. The molecule has 0 aliphatic heterocycles. The molecule has 11 nitrogen and oxygen atoms in total. The van der Waals surface area contributed by atoms with Gasteiger partial charge in [-0.3, -0.25) is 34.2 Å². The van der Waals surface area contributed by atoms with Crippen molar-refractivity contribution in [2.45, 2.75) is 13.1 Å². The first-order valence-corrected chi connectivity index (χ1v) is 11.3. The summed E-state index contributed by atoms with van der Waals surface area (Å²) in [5, 5.41) is 11.7. The number of methoxy groups -OCH3 is 1. The van der Waals surface area contributed by atoms with Crippen LogP contribution in [0.4, 0.5) is 17.2 Å². The van der Waals surface area contributed by atoms with Gasteiger partial charge in [0.25, 0.3) is 17.2 Å². The molecule has 2 heterocycles. The van der Waals surface area contributed by atoms with Crippen molar-refractivity contribution in [1.29, 1.82) is 0 Å². The number of amides is 1. The number of fused-ring (bicyclic) bond motifs is 1. The number of aromatic nitrogens is 2. The highest BCUT2D eigenvalue weighted by Crippen LogP contribution is 2.31. The summed E-state index contributed by atoms with van der Waals surface area (Å²) >= 11 is 1.14. The molecule has 0 fully saturated rings. The average molecular weight is 496 g/mol. The van der Waals surface area contributed by atoms with Gasteiger partial charge in [-0.15, -0.1) is 11.3 Å². The molecular formula is C23H21N5O6S. The number of aromatic amines is 1. The normalized spacial score (nSPS) is 11.0.